The Bertz CT molecular complexity index is 10.8. The molecule has 0 atom stereocenters. The molecule has 0 aromatic rings. The molecule has 30 valence electrons. The molecule has 0 heterocycles. The van der Waals surface area contributed by atoms with Crippen molar-refractivity contribution in [3.8, 4) is 0 Å². The van der Waals surface area contributed by atoms with E-state index in [9.17, 15) is 0 Å². The summed E-state index contributed by atoms with van der Waals surface area (Å²) in [4.78, 5) is 0. The van der Waals surface area contributed by atoms with Crippen molar-refractivity contribution in [3.63, 3.8) is 0 Å². The first-order valence-corrected chi connectivity index (χ1v) is 1.36. The van der Waals surface area contributed by atoms with Gasteiger partial charge in [0.15, 0.2) is 0 Å². The SMILES string of the molecule is O.O.[H-].[Na+].[O]=[W]. The van der Waals surface area contributed by atoms with E-state index < -0.39 is 0 Å². The number of hydrogen-bond acceptors (Lipinski definition) is 1. The van der Waals surface area contributed by atoms with Crippen LogP contribution in [0.15, 0.2) is 0 Å². The van der Waals surface area contributed by atoms with E-state index in [1.807, 2.05) is 0 Å². The molecule has 4 N–H and O–H groups in total. The second-order valence-corrected chi connectivity index (χ2v) is 0. The van der Waals surface area contributed by atoms with Gasteiger partial charge in [0.25, 0.3) is 0 Å². The first-order chi connectivity index (χ1) is 1.00. The summed E-state index contributed by atoms with van der Waals surface area (Å²) in [6.45, 7) is 0. The summed E-state index contributed by atoms with van der Waals surface area (Å²) in [5.74, 6) is 0. The van der Waals surface area contributed by atoms with Crippen LogP contribution in [0.2, 0.25) is 0 Å². The van der Waals surface area contributed by atoms with Gasteiger partial charge < -0.3 is 12.4 Å². The van der Waals surface area contributed by atoms with Gasteiger partial charge >= 0.3 is 52.7 Å². The van der Waals surface area contributed by atoms with Gasteiger partial charge in [-0.2, -0.15) is 0 Å². The molecule has 0 rings (SSSR count). The third kappa shape index (κ3) is 31.7. The fourth-order valence-corrected chi connectivity index (χ4v) is 0. The Morgan fingerprint density at radius 3 is 1.20 bits per heavy atom. The predicted molar refractivity (Wildman–Crippen MR) is 9.03 cm³/mol. The average Bonchev–Trinajstić information content (AvgIpc) is 1.00. The first kappa shape index (κ1) is 32.3. The number of rotatable bonds is 0. The van der Waals surface area contributed by atoms with Crippen molar-refractivity contribution in [3.05, 3.63) is 0 Å². The Morgan fingerprint density at radius 2 is 1.20 bits per heavy atom. The zero-order valence-corrected chi connectivity index (χ0v) is 7.75. The molecule has 0 unspecified atom stereocenters. The Morgan fingerprint density at radius 1 is 1.20 bits per heavy atom. The minimum atomic E-state index is 0. The summed E-state index contributed by atoms with van der Waals surface area (Å²) in [7, 11) is 0. The fourth-order valence-electron chi connectivity index (χ4n) is 0. The zero-order chi connectivity index (χ0) is 2.00. The van der Waals surface area contributed by atoms with Gasteiger partial charge in [0, 0.05) is 0 Å². The maximum absolute atomic E-state index is 8.33. The quantitative estimate of drug-likeness (QED) is 0.403. The average molecular weight is 260 g/mol. The van der Waals surface area contributed by atoms with E-state index in [1.165, 1.54) is 0 Å². The van der Waals surface area contributed by atoms with E-state index in [2.05, 4.69) is 0 Å². The van der Waals surface area contributed by atoms with Crippen LogP contribution in [0.4, 0.5) is 0 Å². The molecule has 0 aliphatic heterocycles. The Hall–Kier alpha value is 1.41. The molecular formula is H5NaO3W. The normalized spacial score (nSPS) is 0.800. The summed E-state index contributed by atoms with van der Waals surface area (Å²) >= 11 is 0.333. The van der Waals surface area contributed by atoms with Gasteiger partial charge in [-0.25, -0.2) is 0 Å². The standard InChI is InChI=1S/Na.2H2O.O.W.H/h;2*1H2;;;/q+1;;;;;-1. The van der Waals surface area contributed by atoms with Crippen LogP contribution in [0, 0.1) is 0 Å². The van der Waals surface area contributed by atoms with Crippen LogP contribution in [0.5, 0.6) is 0 Å². The van der Waals surface area contributed by atoms with Crippen LogP contribution in [-0.2, 0) is 23.2 Å². The van der Waals surface area contributed by atoms with Crippen molar-refractivity contribution < 1.29 is 65.1 Å². The van der Waals surface area contributed by atoms with E-state index >= 15 is 0 Å². The monoisotopic (exact) mass is 260 g/mol. The van der Waals surface area contributed by atoms with Crippen molar-refractivity contribution in [2.45, 2.75) is 0 Å². The topological polar surface area (TPSA) is 80.1 Å². The Kier molecular flexibility index (Phi) is 343. The molecule has 0 saturated carbocycles. The van der Waals surface area contributed by atoms with E-state index in [0.29, 0.717) is 19.8 Å². The van der Waals surface area contributed by atoms with Crippen LogP contribution in [0.1, 0.15) is 1.43 Å². The van der Waals surface area contributed by atoms with Gasteiger partial charge in [0.1, 0.15) is 0 Å². The third-order valence-corrected chi connectivity index (χ3v) is 0. The van der Waals surface area contributed by atoms with Gasteiger partial charge in [-0.05, 0) is 0 Å². The van der Waals surface area contributed by atoms with Crippen molar-refractivity contribution in [2.24, 2.45) is 0 Å². The van der Waals surface area contributed by atoms with Crippen molar-refractivity contribution in [1.82, 2.24) is 0 Å². The summed E-state index contributed by atoms with van der Waals surface area (Å²) in [6, 6.07) is 0. The maximum atomic E-state index is 8.33. The van der Waals surface area contributed by atoms with Gasteiger partial charge in [0.05, 0.1) is 0 Å². The van der Waals surface area contributed by atoms with Crippen LogP contribution >= 0.6 is 0 Å². The molecule has 0 radical (unpaired) electrons. The third-order valence-electron chi connectivity index (χ3n) is 0. The molecule has 0 spiro atoms. The summed E-state index contributed by atoms with van der Waals surface area (Å²) in [6.07, 6.45) is 0. The van der Waals surface area contributed by atoms with E-state index in [1.54, 1.807) is 0 Å². The second-order valence-electron chi connectivity index (χ2n) is 0. The fraction of sp³-hybridized carbons (Fsp3) is 0. The van der Waals surface area contributed by atoms with E-state index in [0.717, 1.165) is 0 Å². The summed E-state index contributed by atoms with van der Waals surface area (Å²) in [5.41, 5.74) is 0. The molecule has 5 heavy (non-hydrogen) atoms. The van der Waals surface area contributed by atoms with E-state index in [-0.39, 0.29) is 41.9 Å². The molecule has 0 aromatic heterocycles. The molecule has 0 amide bonds. The molecule has 0 fully saturated rings. The van der Waals surface area contributed by atoms with Crippen LogP contribution in [0.3, 0.4) is 0 Å². The van der Waals surface area contributed by atoms with Gasteiger partial charge in [0.2, 0.25) is 0 Å². The molecule has 0 aromatic carbocycles. The molecule has 0 aliphatic rings. The molecule has 3 nitrogen and oxygen atoms in total. The van der Waals surface area contributed by atoms with Gasteiger partial charge in [-0.1, -0.05) is 0 Å². The van der Waals surface area contributed by atoms with E-state index in [4.69, 9.17) is 3.40 Å². The minimum absolute atomic E-state index is 0. The molecule has 0 aliphatic carbocycles. The molecule has 5 heteroatoms. The van der Waals surface area contributed by atoms with Crippen LogP contribution in [-0.4, -0.2) is 11.0 Å². The Labute approximate surface area is 64.7 Å². The van der Waals surface area contributed by atoms with Crippen LogP contribution in [0.25, 0.3) is 0 Å². The predicted octanol–water partition coefficient (Wildman–Crippen LogP) is -4.65. The van der Waals surface area contributed by atoms with Gasteiger partial charge in [-0.3, -0.25) is 0 Å². The molecule has 0 saturated heterocycles. The Balaban J connectivity index is -0.000000000833. The molecular weight excluding hydrogens is 255 g/mol. The van der Waals surface area contributed by atoms with Crippen molar-refractivity contribution in [1.29, 1.82) is 0 Å². The van der Waals surface area contributed by atoms with Crippen LogP contribution < -0.4 is 29.6 Å². The van der Waals surface area contributed by atoms with Gasteiger partial charge in [-0.15, -0.1) is 0 Å². The number of hydrogen-bond donors (Lipinski definition) is 0. The summed E-state index contributed by atoms with van der Waals surface area (Å²) < 4.78 is 8.33. The molecule has 0 bridgehead atoms. The van der Waals surface area contributed by atoms with Crippen molar-refractivity contribution in [2.75, 3.05) is 0 Å². The first-order valence-electron chi connectivity index (χ1n) is 0.167. The zero-order valence-electron chi connectivity index (χ0n) is 3.82. The summed E-state index contributed by atoms with van der Waals surface area (Å²) in [5, 5.41) is 0. The van der Waals surface area contributed by atoms with Crippen molar-refractivity contribution >= 4 is 0 Å². The second kappa shape index (κ2) is 53.0.